The Bertz CT molecular complexity index is 1360. The smallest absolute Gasteiger partial charge is 0.417 e. The van der Waals surface area contributed by atoms with Gasteiger partial charge in [0.2, 0.25) is 0 Å². The zero-order valence-electron chi connectivity index (χ0n) is 24.5. The maximum Gasteiger partial charge on any atom is 0.417 e. The van der Waals surface area contributed by atoms with Gasteiger partial charge in [0.1, 0.15) is 5.75 Å². The molecule has 0 saturated carbocycles. The Kier molecular flexibility index (Phi) is 10.7. The first-order valence-corrected chi connectivity index (χ1v) is 14.8. The Hall–Kier alpha value is -3.28. The summed E-state index contributed by atoms with van der Waals surface area (Å²) in [5.41, 5.74) is 3.36. The molecule has 0 aromatic heterocycles. The minimum absolute atomic E-state index is 0.0342. The van der Waals surface area contributed by atoms with Crippen molar-refractivity contribution in [3.05, 3.63) is 136 Å². The number of ether oxygens (including phenoxy) is 1. The molecule has 4 aromatic rings. The summed E-state index contributed by atoms with van der Waals surface area (Å²) in [7, 11) is 0. The van der Waals surface area contributed by atoms with Gasteiger partial charge in [-0.05, 0) is 58.7 Å². The molecular formula is C36H39ClF3NO. The van der Waals surface area contributed by atoms with Crippen molar-refractivity contribution in [1.82, 2.24) is 4.90 Å². The second kappa shape index (κ2) is 14.3. The minimum Gasteiger partial charge on any atom is -0.494 e. The van der Waals surface area contributed by atoms with Crippen LogP contribution in [0.25, 0.3) is 0 Å². The lowest BCUT2D eigenvalue weighted by atomic mass is 9.88. The third kappa shape index (κ3) is 9.37. The molecule has 2 nitrogen and oxygen atoms in total. The van der Waals surface area contributed by atoms with Crippen molar-refractivity contribution in [2.45, 2.75) is 52.3 Å². The third-order valence-electron chi connectivity index (χ3n) is 7.14. The largest absolute Gasteiger partial charge is 0.494 e. The first-order chi connectivity index (χ1) is 20.0. The summed E-state index contributed by atoms with van der Waals surface area (Å²) in [6, 6.07) is 32.8. The van der Waals surface area contributed by atoms with Crippen LogP contribution in [0.4, 0.5) is 13.2 Å². The van der Waals surface area contributed by atoms with Crippen LogP contribution in [0.15, 0.2) is 103 Å². The molecule has 0 aliphatic rings. The second-order valence-electron chi connectivity index (χ2n) is 12.0. The van der Waals surface area contributed by atoms with E-state index in [0.717, 1.165) is 29.4 Å². The number of hydrogen-bond acceptors (Lipinski definition) is 2. The minimum atomic E-state index is -4.51. The van der Waals surface area contributed by atoms with E-state index in [1.165, 1.54) is 11.6 Å². The van der Waals surface area contributed by atoms with Crippen LogP contribution in [0.2, 0.25) is 5.02 Å². The van der Waals surface area contributed by atoms with Gasteiger partial charge in [0.05, 0.1) is 17.2 Å². The SMILES string of the molecule is CC(C)(C)Cc1cccc(OCCCN(Cc2cccc(C(F)(F)F)c2Cl)CC(c2ccccc2)c2ccccc2)c1. The van der Waals surface area contributed by atoms with Gasteiger partial charge in [-0.1, -0.05) is 117 Å². The standard InChI is InChI=1S/C36H39ClF3NO/c1-35(2,3)24-27-13-10-19-31(23-27)42-22-12-21-41(25-30-18-11-20-33(34(30)37)36(38,39)40)26-32(28-14-6-4-7-15-28)29-16-8-5-9-17-29/h4-11,13-20,23,32H,12,21-22,24-26H2,1-3H3. The fourth-order valence-corrected chi connectivity index (χ4v) is 5.56. The average Bonchev–Trinajstić information content (AvgIpc) is 2.94. The normalized spacial score (nSPS) is 12.2. The summed E-state index contributed by atoms with van der Waals surface area (Å²) in [4.78, 5) is 2.19. The van der Waals surface area contributed by atoms with Crippen LogP contribution < -0.4 is 4.74 Å². The highest BCUT2D eigenvalue weighted by Crippen LogP contribution is 2.37. The lowest BCUT2D eigenvalue weighted by Crippen LogP contribution is -2.31. The van der Waals surface area contributed by atoms with Crippen molar-refractivity contribution in [1.29, 1.82) is 0 Å². The van der Waals surface area contributed by atoms with E-state index in [1.54, 1.807) is 6.07 Å². The summed E-state index contributed by atoms with van der Waals surface area (Å²) in [6.07, 6.45) is -2.85. The van der Waals surface area contributed by atoms with E-state index in [2.05, 4.69) is 62.1 Å². The molecule has 4 aromatic carbocycles. The van der Waals surface area contributed by atoms with Crippen molar-refractivity contribution in [2.75, 3.05) is 19.7 Å². The fourth-order valence-electron chi connectivity index (χ4n) is 5.26. The monoisotopic (exact) mass is 593 g/mol. The lowest BCUT2D eigenvalue weighted by molar-refractivity contribution is -0.137. The molecule has 0 bridgehead atoms. The Labute approximate surface area is 253 Å². The molecule has 0 spiro atoms. The zero-order valence-corrected chi connectivity index (χ0v) is 25.3. The van der Waals surface area contributed by atoms with E-state index in [4.69, 9.17) is 16.3 Å². The highest BCUT2D eigenvalue weighted by atomic mass is 35.5. The van der Waals surface area contributed by atoms with E-state index >= 15 is 0 Å². The zero-order chi connectivity index (χ0) is 30.2. The summed E-state index contributed by atoms with van der Waals surface area (Å²) >= 11 is 6.34. The fraction of sp³-hybridized carbons (Fsp3) is 0.333. The molecule has 4 rings (SSSR count). The second-order valence-corrected chi connectivity index (χ2v) is 12.4. The van der Waals surface area contributed by atoms with Gasteiger partial charge in [0, 0.05) is 25.6 Å². The molecule has 222 valence electrons. The van der Waals surface area contributed by atoms with E-state index in [9.17, 15) is 13.2 Å². The Morgan fingerprint density at radius 1 is 0.786 bits per heavy atom. The van der Waals surface area contributed by atoms with Gasteiger partial charge in [0.15, 0.2) is 0 Å². The number of alkyl halides is 3. The molecule has 0 aliphatic heterocycles. The van der Waals surface area contributed by atoms with Crippen molar-refractivity contribution in [3.8, 4) is 5.75 Å². The van der Waals surface area contributed by atoms with Crippen LogP contribution in [0.5, 0.6) is 5.75 Å². The summed E-state index contributed by atoms with van der Waals surface area (Å²) in [5, 5.41) is -0.238. The molecule has 0 radical (unpaired) electrons. The highest BCUT2D eigenvalue weighted by molar-refractivity contribution is 6.32. The summed E-state index contributed by atoms with van der Waals surface area (Å²) in [5.74, 6) is 0.864. The molecule has 0 N–H and O–H groups in total. The van der Waals surface area contributed by atoms with Crippen molar-refractivity contribution in [3.63, 3.8) is 0 Å². The maximum atomic E-state index is 13.6. The molecule has 0 unspecified atom stereocenters. The van der Waals surface area contributed by atoms with E-state index < -0.39 is 11.7 Å². The van der Waals surface area contributed by atoms with Gasteiger partial charge in [-0.3, -0.25) is 4.90 Å². The van der Waals surface area contributed by atoms with E-state index in [-0.39, 0.29) is 16.4 Å². The van der Waals surface area contributed by atoms with E-state index in [1.807, 2.05) is 48.5 Å². The van der Waals surface area contributed by atoms with Crippen molar-refractivity contribution >= 4 is 11.6 Å². The predicted octanol–water partition coefficient (Wildman–Crippen LogP) is 10.1. The van der Waals surface area contributed by atoms with Crippen LogP contribution in [-0.4, -0.2) is 24.6 Å². The first-order valence-electron chi connectivity index (χ1n) is 14.4. The molecule has 0 fully saturated rings. The average molecular weight is 594 g/mol. The molecule has 0 atom stereocenters. The summed E-state index contributed by atoms with van der Waals surface area (Å²) < 4.78 is 47.0. The molecular weight excluding hydrogens is 555 g/mol. The molecule has 0 amide bonds. The van der Waals surface area contributed by atoms with Gasteiger partial charge in [0.25, 0.3) is 0 Å². The van der Waals surface area contributed by atoms with Gasteiger partial charge < -0.3 is 4.74 Å². The van der Waals surface area contributed by atoms with Gasteiger partial charge >= 0.3 is 6.18 Å². The molecule has 0 heterocycles. The van der Waals surface area contributed by atoms with Gasteiger partial charge in [-0.2, -0.15) is 13.2 Å². The van der Waals surface area contributed by atoms with Crippen LogP contribution >= 0.6 is 11.6 Å². The maximum absolute atomic E-state index is 13.6. The van der Waals surface area contributed by atoms with Crippen LogP contribution in [-0.2, 0) is 19.1 Å². The van der Waals surface area contributed by atoms with E-state index in [0.29, 0.717) is 38.2 Å². The molecule has 0 saturated heterocycles. The Balaban J connectivity index is 1.53. The number of rotatable bonds is 12. The number of halogens is 4. The first kappa shape index (κ1) is 31.7. The van der Waals surface area contributed by atoms with Crippen LogP contribution in [0, 0.1) is 5.41 Å². The number of nitrogens with zero attached hydrogens (tertiary/aromatic N) is 1. The Morgan fingerprint density at radius 2 is 1.40 bits per heavy atom. The Morgan fingerprint density at radius 3 is 2.00 bits per heavy atom. The highest BCUT2D eigenvalue weighted by Gasteiger charge is 2.34. The third-order valence-corrected chi connectivity index (χ3v) is 7.59. The topological polar surface area (TPSA) is 12.5 Å². The van der Waals surface area contributed by atoms with Crippen LogP contribution in [0.3, 0.4) is 0 Å². The predicted molar refractivity (Wildman–Crippen MR) is 166 cm³/mol. The molecule has 0 aliphatic carbocycles. The quantitative estimate of drug-likeness (QED) is 0.152. The van der Waals surface area contributed by atoms with Crippen molar-refractivity contribution in [2.24, 2.45) is 5.41 Å². The summed E-state index contributed by atoms with van der Waals surface area (Å²) in [6.45, 7) is 8.66. The number of hydrogen-bond donors (Lipinski definition) is 0. The van der Waals surface area contributed by atoms with Crippen LogP contribution in [0.1, 0.15) is 60.9 Å². The van der Waals surface area contributed by atoms with Gasteiger partial charge in [-0.15, -0.1) is 0 Å². The molecule has 6 heteroatoms. The van der Waals surface area contributed by atoms with Crippen molar-refractivity contribution < 1.29 is 17.9 Å². The van der Waals surface area contributed by atoms with Gasteiger partial charge in [-0.25, -0.2) is 0 Å². The lowest BCUT2D eigenvalue weighted by Gasteiger charge is -2.29. The molecule has 42 heavy (non-hydrogen) atoms. The number of benzene rings is 4.